The number of benzene rings is 2. The second-order valence-electron chi connectivity index (χ2n) is 4.82. The van der Waals surface area contributed by atoms with Crippen LogP contribution in [0.1, 0.15) is 19.4 Å². The Kier molecular flexibility index (Phi) is 5.39. The third-order valence-electron chi connectivity index (χ3n) is 3.34. The summed E-state index contributed by atoms with van der Waals surface area (Å²) in [7, 11) is 1.86. The lowest BCUT2D eigenvalue weighted by Crippen LogP contribution is -2.18. The van der Waals surface area contributed by atoms with E-state index in [0.717, 1.165) is 22.6 Å². The number of hydrogen-bond donors (Lipinski definition) is 1. The van der Waals surface area contributed by atoms with Crippen molar-refractivity contribution >= 4 is 28.7 Å². The van der Waals surface area contributed by atoms with Crippen molar-refractivity contribution in [2.75, 3.05) is 23.9 Å². The first kappa shape index (κ1) is 16.3. The number of rotatable bonds is 5. The second kappa shape index (κ2) is 7.27. The smallest absolute Gasteiger partial charge is 0.123 e. The molecule has 0 aliphatic rings. The fourth-order valence-corrected chi connectivity index (χ4v) is 2.37. The lowest BCUT2D eigenvalue weighted by molar-refractivity contribution is 0.627. The van der Waals surface area contributed by atoms with Crippen LogP contribution >= 0.6 is 11.6 Å². The molecule has 116 valence electrons. The molecule has 5 heteroatoms. The van der Waals surface area contributed by atoms with E-state index in [9.17, 15) is 4.39 Å². The Morgan fingerprint density at radius 1 is 1.23 bits per heavy atom. The highest BCUT2D eigenvalue weighted by Crippen LogP contribution is 2.22. The van der Waals surface area contributed by atoms with Crippen molar-refractivity contribution in [3.05, 3.63) is 58.9 Å². The zero-order chi connectivity index (χ0) is 16.1. The Hall–Kier alpha value is -2.07. The molecule has 2 aromatic rings. The van der Waals surface area contributed by atoms with Gasteiger partial charge in [-0.25, -0.2) is 4.39 Å². The van der Waals surface area contributed by atoms with Gasteiger partial charge in [0, 0.05) is 29.9 Å². The minimum Gasteiger partial charge on any atom is -0.388 e. The van der Waals surface area contributed by atoms with E-state index in [-0.39, 0.29) is 5.82 Å². The number of hydrogen-bond acceptors (Lipinski definition) is 3. The Morgan fingerprint density at radius 2 is 1.91 bits per heavy atom. The summed E-state index contributed by atoms with van der Waals surface area (Å²) in [5.41, 5.74) is 3.57. The van der Waals surface area contributed by atoms with E-state index in [2.05, 4.69) is 10.4 Å². The van der Waals surface area contributed by atoms with Crippen molar-refractivity contribution in [1.29, 1.82) is 0 Å². The minimum atomic E-state index is -0.257. The number of anilines is 2. The molecule has 1 N–H and O–H groups in total. The van der Waals surface area contributed by atoms with Gasteiger partial charge in [0.1, 0.15) is 5.82 Å². The fourth-order valence-electron chi connectivity index (χ4n) is 2.19. The molecule has 0 bridgehead atoms. The van der Waals surface area contributed by atoms with Crippen molar-refractivity contribution in [3.8, 4) is 0 Å². The first-order valence-corrected chi connectivity index (χ1v) is 7.49. The van der Waals surface area contributed by atoms with E-state index < -0.39 is 0 Å². The Bertz CT molecular complexity index is 668. The van der Waals surface area contributed by atoms with Crippen LogP contribution in [0.4, 0.5) is 15.8 Å². The molecule has 3 nitrogen and oxygen atoms in total. The number of nitrogens with one attached hydrogen (secondary N) is 1. The molecule has 0 unspecified atom stereocenters. The van der Waals surface area contributed by atoms with E-state index in [1.54, 1.807) is 12.1 Å². The van der Waals surface area contributed by atoms with Crippen LogP contribution in [0.2, 0.25) is 5.02 Å². The highest BCUT2D eigenvalue weighted by molar-refractivity contribution is 6.31. The molecule has 22 heavy (non-hydrogen) atoms. The molecule has 0 spiro atoms. The third-order valence-corrected chi connectivity index (χ3v) is 3.57. The summed E-state index contributed by atoms with van der Waals surface area (Å²) < 4.78 is 13.0. The predicted octanol–water partition coefficient (Wildman–Crippen LogP) is 4.77. The summed E-state index contributed by atoms with van der Waals surface area (Å²) in [6, 6.07) is 11.9. The van der Waals surface area contributed by atoms with Crippen LogP contribution in [0.25, 0.3) is 0 Å². The highest BCUT2D eigenvalue weighted by Gasteiger charge is 2.09. The third kappa shape index (κ3) is 3.77. The SMILES string of the molecule is CCN(/N=C(/C)c1cc(Cl)ccc1NC)c1ccc(F)cc1. The maximum atomic E-state index is 13.0. The maximum Gasteiger partial charge on any atom is 0.123 e. The minimum absolute atomic E-state index is 0.257. The van der Waals surface area contributed by atoms with Crippen LogP contribution in [0.5, 0.6) is 0 Å². The van der Waals surface area contributed by atoms with Gasteiger partial charge in [-0.3, -0.25) is 5.01 Å². The zero-order valence-corrected chi connectivity index (χ0v) is 13.7. The predicted molar refractivity (Wildman–Crippen MR) is 92.6 cm³/mol. The molecule has 2 rings (SSSR count). The van der Waals surface area contributed by atoms with Crippen LogP contribution in [-0.2, 0) is 0 Å². The van der Waals surface area contributed by atoms with Crippen LogP contribution in [0.15, 0.2) is 47.6 Å². The van der Waals surface area contributed by atoms with Crippen LogP contribution in [0.3, 0.4) is 0 Å². The van der Waals surface area contributed by atoms with Gasteiger partial charge in [-0.15, -0.1) is 0 Å². The molecule has 0 aromatic heterocycles. The molecular formula is C17H19ClFN3. The van der Waals surface area contributed by atoms with Crippen molar-refractivity contribution in [3.63, 3.8) is 0 Å². The molecule has 0 aliphatic heterocycles. The van der Waals surface area contributed by atoms with Crippen molar-refractivity contribution in [2.24, 2.45) is 5.10 Å². The maximum absolute atomic E-state index is 13.0. The molecule has 0 saturated carbocycles. The highest BCUT2D eigenvalue weighted by atomic mass is 35.5. The van der Waals surface area contributed by atoms with E-state index >= 15 is 0 Å². The number of hydrazone groups is 1. The van der Waals surface area contributed by atoms with Gasteiger partial charge in [-0.2, -0.15) is 5.10 Å². The Morgan fingerprint density at radius 3 is 2.50 bits per heavy atom. The van der Waals surface area contributed by atoms with E-state index in [1.807, 2.05) is 44.1 Å². The number of nitrogens with zero attached hydrogens (tertiary/aromatic N) is 2. The normalized spacial score (nSPS) is 11.4. The number of halogens is 2. The molecular weight excluding hydrogens is 301 g/mol. The van der Waals surface area contributed by atoms with Crippen LogP contribution < -0.4 is 10.3 Å². The molecule has 0 amide bonds. The fraction of sp³-hybridized carbons (Fsp3) is 0.235. The molecule has 0 atom stereocenters. The topological polar surface area (TPSA) is 27.6 Å². The van der Waals surface area contributed by atoms with Gasteiger partial charge in [-0.1, -0.05) is 11.6 Å². The van der Waals surface area contributed by atoms with Crippen LogP contribution in [0, 0.1) is 5.82 Å². The lowest BCUT2D eigenvalue weighted by Gasteiger charge is -2.19. The molecule has 0 radical (unpaired) electrons. The van der Waals surface area contributed by atoms with E-state index in [1.165, 1.54) is 12.1 Å². The van der Waals surface area contributed by atoms with Gasteiger partial charge in [-0.05, 0) is 56.3 Å². The van der Waals surface area contributed by atoms with E-state index in [0.29, 0.717) is 11.6 Å². The average Bonchev–Trinajstić information content (AvgIpc) is 2.53. The standard InChI is InChI=1S/C17H19ClFN3/c1-4-22(15-8-6-14(19)7-9-15)21-12(2)16-11-13(18)5-10-17(16)20-3/h5-11,20H,4H2,1-3H3/b21-12-. The second-order valence-corrected chi connectivity index (χ2v) is 5.25. The summed E-state index contributed by atoms with van der Waals surface area (Å²) in [5.74, 6) is -0.257. The van der Waals surface area contributed by atoms with Gasteiger partial charge in [0.15, 0.2) is 0 Å². The van der Waals surface area contributed by atoms with Gasteiger partial charge < -0.3 is 5.32 Å². The molecule has 0 fully saturated rings. The lowest BCUT2D eigenvalue weighted by atomic mass is 10.1. The van der Waals surface area contributed by atoms with E-state index in [4.69, 9.17) is 11.6 Å². The zero-order valence-electron chi connectivity index (χ0n) is 12.9. The van der Waals surface area contributed by atoms with Crippen LogP contribution in [-0.4, -0.2) is 19.3 Å². The summed E-state index contributed by atoms with van der Waals surface area (Å²) in [6.45, 7) is 4.61. The summed E-state index contributed by atoms with van der Waals surface area (Å²) in [4.78, 5) is 0. The van der Waals surface area contributed by atoms with Gasteiger partial charge >= 0.3 is 0 Å². The Balaban J connectivity index is 2.37. The van der Waals surface area contributed by atoms with Gasteiger partial charge in [0.2, 0.25) is 0 Å². The molecule has 0 saturated heterocycles. The summed E-state index contributed by atoms with van der Waals surface area (Å²) in [6.07, 6.45) is 0. The molecule has 0 aliphatic carbocycles. The molecule has 0 heterocycles. The van der Waals surface area contributed by atoms with Crippen molar-refractivity contribution in [2.45, 2.75) is 13.8 Å². The quantitative estimate of drug-likeness (QED) is 0.635. The first-order chi connectivity index (χ1) is 10.5. The van der Waals surface area contributed by atoms with Crippen molar-refractivity contribution < 1.29 is 4.39 Å². The van der Waals surface area contributed by atoms with Gasteiger partial charge in [0.25, 0.3) is 0 Å². The summed E-state index contributed by atoms with van der Waals surface area (Å²) in [5, 5.41) is 10.3. The largest absolute Gasteiger partial charge is 0.388 e. The first-order valence-electron chi connectivity index (χ1n) is 7.11. The molecule has 2 aromatic carbocycles. The average molecular weight is 320 g/mol. The summed E-state index contributed by atoms with van der Waals surface area (Å²) >= 11 is 6.08. The van der Waals surface area contributed by atoms with Crippen molar-refractivity contribution in [1.82, 2.24) is 0 Å². The van der Waals surface area contributed by atoms with Gasteiger partial charge in [0.05, 0.1) is 11.4 Å². The Labute approximate surface area is 135 Å². The monoisotopic (exact) mass is 319 g/mol.